The Morgan fingerprint density at radius 1 is 1.10 bits per heavy atom. The average Bonchev–Trinajstić information content (AvgIpc) is 2.36. The van der Waals surface area contributed by atoms with Gasteiger partial charge < -0.3 is 14.5 Å². The van der Waals surface area contributed by atoms with Gasteiger partial charge in [0.2, 0.25) is 11.8 Å². The monoisotopic (exact) mass is 281 g/mol. The number of likely N-dealkylation sites (N-methyl/N-ethyl adjacent to an activating group) is 1. The number of hydrogen-bond acceptors (Lipinski definition) is 4. The molecule has 6 heteroatoms. The van der Waals surface area contributed by atoms with E-state index < -0.39 is 0 Å². The van der Waals surface area contributed by atoms with Crippen molar-refractivity contribution in [2.24, 2.45) is 5.92 Å². The lowest BCUT2D eigenvalue weighted by atomic mass is 9.94. The smallest absolute Gasteiger partial charge is 0.229 e. The van der Waals surface area contributed by atoms with Crippen LogP contribution in [0.2, 0.25) is 0 Å². The third kappa shape index (κ3) is 2.42. The predicted octanol–water partition coefficient (Wildman–Crippen LogP) is -0.604. The second kappa shape index (κ2) is 5.33. The molecule has 0 aromatic heterocycles. The Labute approximate surface area is 119 Å². The van der Waals surface area contributed by atoms with E-state index in [1.54, 1.807) is 11.8 Å². The van der Waals surface area contributed by atoms with Gasteiger partial charge in [-0.05, 0) is 13.5 Å². The Balaban J connectivity index is 1.56. The Morgan fingerprint density at radius 2 is 1.85 bits per heavy atom. The molecular formula is C14H23N3O3. The number of nitrogens with zero attached hydrogens (tertiary/aromatic N) is 3. The summed E-state index contributed by atoms with van der Waals surface area (Å²) < 4.78 is 5.80. The van der Waals surface area contributed by atoms with Crippen LogP contribution in [0.25, 0.3) is 0 Å². The molecule has 112 valence electrons. The Bertz CT molecular complexity index is 408. The van der Waals surface area contributed by atoms with E-state index in [1.165, 1.54) is 0 Å². The Morgan fingerprint density at radius 3 is 2.55 bits per heavy atom. The number of piperidine rings is 1. The molecule has 3 aliphatic heterocycles. The van der Waals surface area contributed by atoms with Crippen molar-refractivity contribution in [3.8, 4) is 0 Å². The SMILES string of the molecule is CC(=O)N1CC(C(=O)N2CC[C@@H]3OCCN(C)[C@H]3C2)C1. The van der Waals surface area contributed by atoms with Crippen molar-refractivity contribution in [2.75, 3.05) is 46.4 Å². The van der Waals surface area contributed by atoms with Crippen LogP contribution in [0.4, 0.5) is 0 Å². The topological polar surface area (TPSA) is 53.1 Å². The minimum absolute atomic E-state index is 0.00488. The Kier molecular flexibility index (Phi) is 3.69. The fourth-order valence-electron chi connectivity index (χ4n) is 3.39. The van der Waals surface area contributed by atoms with Crippen molar-refractivity contribution in [3.63, 3.8) is 0 Å². The van der Waals surface area contributed by atoms with Gasteiger partial charge in [0.15, 0.2) is 0 Å². The summed E-state index contributed by atoms with van der Waals surface area (Å²) in [6, 6.07) is 0.324. The normalized spacial score (nSPS) is 31.7. The number of fused-ring (bicyclic) bond motifs is 1. The highest BCUT2D eigenvalue weighted by Gasteiger charge is 2.41. The van der Waals surface area contributed by atoms with Crippen LogP contribution < -0.4 is 0 Å². The zero-order chi connectivity index (χ0) is 14.3. The van der Waals surface area contributed by atoms with Crippen molar-refractivity contribution in [1.29, 1.82) is 0 Å². The van der Waals surface area contributed by atoms with Crippen LogP contribution in [-0.4, -0.2) is 85.0 Å². The second-order valence-electron chi connectivity index (χ2n) is 6.15. The number of likely N-dealkylation sites (tertiary alicyclic amines) is 2. The number of hydrogen-bond donors (Lipinski definition) is 0. The third-order valence-electron chi connectivity index (χ3n) is 4.85. The summed E-state index contributed by atoms with van der Waals surface area (Å²) >= 11 is 0. The van der Waals surface area contributed by atoms with Crippen LogP contribution in [-0.2, 0) is 14.3 Å². The molecule has 3 fully saturated rings. The largest absolute Gasteiger partial charge is 0.375 e. The zero-order valence-corrected chi connectivity index (χ0v) is 12.2. The van der Waals surface area contributed by atoms with E-state index in [1.807, 2.05) is 4.90 Å². The molecule has 0 radical (unpaired) electrons. The van der Waals surface area contributed by atoms with Crippen molar-refractivity contribution < 1.29 is 14.3 Å². The maximum Gasteiger partial charge on any atom is 0.229 e. The molecule has 0 spiro atoms. The minimum atomic E-state index is 0.00488. The van der Waals surface area contributed by atoms with Gasteiger partial charge in [-0.25, -0.2) is 0 Å². The zero-order valence-electron chi connectivity index (χ0n) is 12.2. The molecule has 2 amide bonds. The van der Waals surface area contributed by atoms with E-state index in [-0.39, 0.29) is 23.8 Å². The van der Waals surface area contributed by atoms with Crippen LogP contribution in [0.5, 0.6) is 0 Å². The van der Waals surface area contributed by atoms with Crippen LogP contribution in [0.3, 0.4) is 0 Å². The fraction of sp³-hybridized carbons (Fsp3) is 0.857. The van der Waals surface area contributed by atoms with E-state index in [4.69, 9.17) is 4.74 Å². The van der Waals surface area contributed by atoms with E-state index >= 15 is 0 Å². The van der Waals surface area contributed by atoms with Crippen LogP contribution >= 0.6 is 0 Å². The van der Waals surface area contributed by atoms with Gasteiger partial charge in [0.25, 0.3) is 0 Å². The average molecular weight is 281 g/mol. The summed E-state index contributed by atoms with van der Waals surface area (Å²) in [5, 5.41) is 0. The van der Waals surface area contributed by atoms with Gasteiger partial charge in [-0.1, -0.05) is 0 Å². The summed E-state index contributed by atoms with van der Waals surface area (Å²) in [7, 11) is 2.11. The molecule has 0 N–H and O–H groups in total. The molecule has 0 saturated carbocycles. The molecule has 0 unspecified atom stereocenters. The summed E-state index contributed by atoms with van der Waals surface area (Å²) in [4.78, 5) is 29.6. The molecule has 3 heterocycles. The van der Waals surface area contributed by atoms with Gasteiger partial charge >= 0.3 is 0 Å². The first kappa shape index (κ1) is 13.8. The first-order chi connectivity index (χ1) is 9.56. The minimum Gasteiger partial charge on any atom is -0.375 e. The highest BCUT2D eigenvalue weighted by molar-refractivity contribution is 5.83. The number of carbonyl (C=O) groups is 2. The van der Waals surface area contributed by atoms with Crippen molar-refractivity contribution >= 4 is 11.8 Å². The molecule has 20 heavy (non-hydrogen) atoms. The van der Waals surface area contributed by atoms with Gasteiger partial charge in [0.05, 0.1) is 24.7 Å². The lowest BCUT2D eigenvalue weighted by Crippen LogP contribution is -2.62. The molecule has 6 nitrogen and oxygen atoms in total. The van der Waals surface area contributed by atoms with Crippen molar-refractivity contribution in [3.05, 3.63) is 0 Å². The van der Waals surface area contributed by atoms with E-state index in [0.717, 1.165) is 32.7 Å². The highest BCUT2D eigenvalue weighted by atomic mass is 16.5. The van der Waals surface area contributed by atoms with E-state index in [2.05, 4.69) is 11.9 Å². The lowest BCUT2D eigenvalue weighted by molar-refractivity contribution is -0.153. The third-order valence-corrected chi connectivity index (χ3v) is 4.85. The van der Waals surface area contributed by atoms with Gasteiger partial charge in [-0.2, -0.15) is 0 Å². The van der Waals surface area contributed by atoms with Crippen molar-refractivity contribution in [2.45, 2.75) is 25.5 Å². The van der Waals surface area contributed by atoms with E-state index in [9.17, 15) is 9.59 Å². The standard InChI is InChI=1S/C14H23N3O3/c1-10(18)17-7-11(8-17)14(19)16-4-3-13-12(9-16)15(2)5-6-20-13/h11-13H,3-9H2,1-2H3/t12-,13-/m0/s1. The summed E-state index contributed by atoms with van der Waals surface area (Å²) in [5.74, 6) is 0.276. The lowest BCUT2D eigenvalue weighted by Gasteiger charge is -2.47. The van der Waals surface area contributed by atoms with Gasteiger partial charge in [-0.15, -0.1) is 0 Å². The molecule has 3 saturated heterocycles. The number of amides is 2. The molecule has 0 aliphatic carbocycles. The Hall–Kier alpha value is -1.14. The van der Waals surface area contributed by atoms with Gasteiger partial charge in [0, 0.05) is 39.6 Å². The van der Waals surface area contributed by atoms with Crippen molar-refractivity contribution in [1.82, 2.24) is 14.7 Å². The number of ether oxygens (including phenoxy) is 1. The summed E-state index contributed by atoms with van der Waals surface area (Å²) in [6.45, 7) is 6.00. The van der Waals surface area contributed by atoms with Gasteiger partial charge in [0.1, 0.15) is 0 Å². The maximum absolute atomic E-state index is 12.5. The molecule has 3 aliphatic rings. The number of rotatable bonds is 1. The predicted molar refractivity (Wildman–Crippen MR) is 73.1 cm³/mol. The first-order valence-electron chi connectivity index (χ1n) is 7.42. The second-order valence-corrected chi connectivity index (χ2v) is 6.15. The van der Waals surface area contributed by atoms with E-state index in [0.29, 0.717) is 19.1 Å². The quantitative estimate of drug-likeness (QED) is 0.644. The molecular weight excluding hydrogens is 258 g/mol. The van der Waals surface area contributed by atoms with Crippen LogP contribution in [0.1, 0.15) is 13.3 Å². The van der Waals surface area contributed by atoms with Crippen LogP contribution in [0, 0.1) is 5.92 Å². The molecule has 3 rings (SSSR count). The van der Waals surface area contributed by atoms with Crippen LogP contribution in [0.15, 0.2) is 0 Å². The maximum atomic E-state index is 12.5. The van der Waals surface area contributed by atoms with Gasteiger partial charge in [-0.3, -0.25) is 14.5 Å². The number of morpholine rings is 1. The summed E-state index contributed by atoms with van der Waals surface area (Å²) in [5.41, 5.74) is 0. The molecule has 2 atom stereocenters. The summed E-state index contributed by atoms with van der Waals surface area (Å²) in [6.07, 6.45) is 1.19. The molecule has 0 bridgehead atoms. The molecule has 0 aromatic rings. The highest BCUT2D eigenvalue weighted by Crippen LogP contribution is 2.25. The molecule has 0 aromatic carbocycles. The first-order valence-corrected chi connectivity index (χ1v) is 7.42. The number of carbonyl (C=O) groups excluding carboxylic acids is 2. The fourth-order valence-corrected chi connectivity index (χ4v) is 3.39.